The molecule has 2 rings (SSSR count). The van der Waals surface area contributed by atoms with Crippen LogP contribution in [0.5, 0.6) is 0 Å². The third-order valence-corrected chi connectivity index (χ3v) is 5.24. The summed E-state index contributed by atoms with van der Waals surface area (Å²) in [5.74, 6) is -0.911. The van der Waals surface area contributed by atoms with Crippen molar-refractivity contribution >= 4 is 21.6 Å². The standard InChI is InChI=1S/C12H16ClFN2O3S/c1-15-7-9-8-16(5-6-19-9)20(17,18)11-4-2-3-10(13)12(11)14/h2-4,9,15H,5-8H2,1H3. The number of nitrogens with zero attached hydrogens (tertiary/aromatic N) is 1. The van der Waals surface area contributed by atoms with Crippen LogP contribution in [0.1, 0.15) is 0 Å². The van der Waals surface area contributed by atoms with E-state index in [1.54, 1.807) is 7.05 Å². The fourth-order valence-electron chi connectivity index (χ4n) is 2.08. The first-order valence-corrected chi connectivity index (χ1v) is 7.99. The molecule has 1 aromatic rings. The molecule has 0 aromatic heterocycles. The van der Waals surface area contributed by atoms with Gasteiger partial charge in [0, 0.05) is 19.6 Å². The van der Waals surface area contributed by atoms with Gasteiger partial charge >= 0.3 is 0 Å². The van der Waals surface area contributed by atoms with Crippen LogP contribution in [0.15, 0.2) is 23.1 Å². The largest absolute Gasteiger partial charge is 0.374 e. The van der Waals surface area contributed by atoms with Crippen LogP contribution in [0.2, 0.25) is 5.02 Å². The Bertz CT molecular complexity index is 580. The lowest BCUT2D eigenvalue weighted by molar-refractivity contribution is 0.000768. The van der Waals surface area contributed by atoms with Crippen molar-refractivity contribution in [2.24, 2.45) is 0 Å². The fourth-order valence-corrected chi connectivity index (χ4v) is 3.86. The van der Waals surface area contributed by atoms with Gasteiger partial charge in [0.15, 0.2) is 5.82 Å². The molecule has 0 radical (unpaired) electrons. The Morgan fingerprint density at radius 2 is 2.30 bits per heavy atom. The van der Waals surface area contributed by atoms with E-state index in [0.29, 0.717) is 6.54 Å². The van der Waals surface area contributed by atoms with Crippen LogP contribution in [0.25, 0.3) is 0 Å². The lowest BCUT2D eigenvalue weighted by Crippen LogP contribution is -2.48. The van der Waals surface area contributed by atoms with E-state index in [1.807, 2.05) is 0 Å². The maximum Gasteiger partial charge on any atom is 0.246 e. The predicted molar refractivity (Wildman–Crippen MR) is 73.8 cm³/mol. The van der Waals surface area contributed by atoms with Crippen LogP contribution in [0.4, 0.5) is 4.39 Å². The van der Waals surface area contributed by atoms with Crippen LogP contribution in [-0.2, 0) is 14.8 Å². The number of sulfonamides is 1. The molecule has 1 heterocycles. The summed E-state index contributed by atoms with van der Waals surface area (Å²) >= 11 is 5.64. The molecule has 8 heteroatoms. The number of benzene rings is 1. The molecule has 1 atom stereocenters. The molecule has 0 amide bonds. The molecule has 1 N–H and O–H groups in total. The van der Waals surface area contributed by atoms with Gasteiger partial charge in [-0.05, 0) is 19.2 Å². The first-order chi connectivity index (χ1) is 9.46. The number of nitrogens with one attached hydrogen (secondary N) is 1. The normalized spacial score (nSPS) is 21.1. The predicted octanol–water partition coefficient (Wildman–Crippen LogP) is 1.09. The lowest BCUT2D eigenvalue weighted by Gasteiger charge is -2.32. The lowest BCUT2D eigenvalue weighted by atomic mass is 10.3. The minimum atomic E-state index is -3.90. The second-order valence-electron chi connectivity index (χ2n) is 4.47. The summed E-state index contributed by atoms with van der Waals surface area (Å²) < 4.78 is 45.5. The summed E-state index contributed by atoms with van der Waals surface area (Å²) in [6.45, 7) is 1.21. The van der Waals surface area contributed by atoms with E-state index in [1.165, 1.54) is 22.5 Å². The topological polar surface area (TPSA) is 58.6 Å². The zero-order valence-corrected chi connectivity index (χ0v) is 12.5. The van der Waals surface area contributed by atoms with Crippen molar-refractivity contribution in [2.45, 2.75) is 11.0 Å². The van der Waals surface area contributed by atoms with Gasteiger partial charge in [0.2, 0.25) is 10.0 Å². The Hall–Kier alpha value is -0.730. The monoisotopic (exact) mass is 322 g/mol. The van der Waals surface area contributed by atoms with Gasteiger partial charge in [-0.2, -0.15) is 4.31 Å². The number of hydrogen-bond acceptors (Lipinski definition) is 4. The summed E-state index contributed by atoms with van der Waals surface area (Å²) in [6, 6.07) is 3.96. The minimum Gasteiger partial charge on any atom is -0.374 e. The number of likely N-dealkylation sites (N-methyl/N-ethyl adjacent to an activating group) is 1. The summed E-state index contributed by atoms with van der Waals surface area (Å²) in [7, 11) is -2.14. The van der Waals surface area contributed by atoms with Gasteiger partial charge in [0.05, 0.1) is 17.7 Å². The maximum absolute atomic E-state index is 13.9. The van der Waals surface area contributed by atoms with E-state index < -0.39 is 20.7 Å². The van der Waals surface area contributed by atoms with E-state index in [2.05, 4.69) is 5.32 Å². The summed E-state index contributed by atoms with van der Waals surface area (Å²) in [6.07, 6.45) is -0.245. The van der Waals surface area contributed by atoms with Crippen LogP contribution in [-0.4, -0.2) is 52.1 Å². The summed E-state index contributed by atoms with van der Waals surface area (Å²) in [5.41, 5.74) is 0. The van der Waals surface area contributed by atoms with Gasteiger partial charge in [-0.1, -0.05) is 17.7 Å². The average molecular weight is 323 g/mol. The van der Waals surface area contributed by atoms with E-state index >= 15 is 0 Å². The molecule has 1 fully saturated rings. The van der Waals surface area contributed by atoms with E-state index in [4.69, 9.17) is 16.3 Å². The van der Waals surface area contributed by atoms with Crippen LogP contribution in [0, 0.1) is 5.82 Å². The zero-order valence-electron chi connectivity index (χ0n) is 11.0. The molecule has 1 aromatic carbocycles. The highest BCUT2D eigenvalue weighted by Gasteiger charge is 2.32. The third kappa shape index (κ3) is 3.12. The quantitative estimate of drug-likeness (QED) is 0.901. The fraction of sp³-hybridized carbons (Fsp3) is 0.500. The first-order valence-electron chi connectivity index (χ1n) is 6.17. The van der Waals surface area contributed by atoms with Crippen LogP contribution in [0.3, 0.4) is 0 Å². The van der Waals surface area contributed by atoms with E-state index in [9.17, 15) is 12.8 Å². The molecular formula is C12H16ClFN2O3S. The molecule has 112 valence electrons. The van der Waals surface area contributed by atoms with Gasteiger partial charge in [0.25, 0.3) is 0 Å². The van der Waals surface area contributed by atoms with Crippen LogP contribution < -0.4 is 5.32 Å². The molecular weight excluding hydrogens is 307 g/mol. The Balaban J connectivity index is 2.28. The molecule has 0 spiro atoms. The third-order valence-electron chi connectivity index (χ3n) is 3.07. The molecule has 5 nitrogen and oxygen atoms in total. The summed E-state index contributed by atoms with van der Waals surface area (Å²) in [4.78, 5) is -0.393. The van der Waals surface area contributed by atoms with Gasteiger partial charge < -0.3 is 10.1 Å². The van der Waals surface area contributed by atoms with Crippen molar-refractivity contribution < 1.29 is 17.5 Å². The van der Waals surface area contributed by atoms with Crippen molar-refractivity contribution in [3.63, 3.8) is 0 Å². The number of morpholine rings is 1. The average Bonchev–Trinajstić information content (AvgIpc) is 2.42. The maximum atomic E-state index is 13.9. The Kier molecular flexibility index (Phi) is 4.98. The zero-order chi connectivity index (χ0) is 14.8. The molecule has 1 aliphatic heterocycles. The van der Waals surface area contributed by atoms with Crippen molar-refractivity contribution in [1.29, 1.82) is 0 Å². The van der Waals surface area contributed by atoms with Crippen molar-refractivity contribution in [3.05, 3.63) is 29.0 Å². The van der Waals surface area contributed by atoms with E-state index in [-0.39, 0.29) is 30.8 Å². The highest BCUT2D eigenvalue weighted by Crippen LogP contribution is 2.25. The van der Waals surface area contributed by atoms with Crippen molar-refractivity contribution in [1.82, 2.24) is 9.62 Å². The number of ether oxygens (including phenoxy) is 1. The summed E-state index contributed by atoms with van der Waals surface area (Å²) in [5, 5.41) is 2.73. The molecule has 0 saturated carbocycles. The molecule has 0 aliphatic carbocycles. The van der Waals surface area contributed by atoms with Gasteiger partial charge in [-0.3, -0.25) is 0 Å². The minimum absolute atomic E-state index is 0.190. The smallest absolute Gasteiger partial charge is 0.246 e. The Morgan fingerprint density at radius 3 is 3.00 bits per heavy atom. The molecule has 1 saturated heterocycles. The van der Waals surface area contributed by atoms with Gasteiger partial charge in [-0.15, -0.1) is 0 Å². The molecule has 1 unspecified atom stereocenters. The van der Waals surface area contributed by atoms with Crippen LogP contribution >= 0.6 is 11.6 Å². The molecule has 20 heavy (non-hydrogen) atoms. The second kappa shape index (κ2) is 6.36. The highest BCUT2D eigenvalue weighted by molar-refractivity contribution is 7.89. The number of hydrogen-bond donors (Lipinski definition) is 1. The Labute approximate surface area is 122 Å². The van der Waals surface area contributed by atoms with Gasteiger partial charge in [0.1, 0.15) is 4.90 Å². The molecule has 0 bridgehead atoms. The van der Waals surface area contributed by atoms with Gasteiger partial charge in [-0.25, -0.2) is 12.8 Å². The van der Waals surface area contributed by atoms with E-state index in [0.717, 1.165) is 0 Å². The number of halogens is 2. The Morgan fingerprint density at radius 1 is 1.55 bits per heavy atom. The highest BCUT2D eigenvalue weighted by atomic mass is 35.5. The SMILES string of the molecule is CNCC1CN(S(=O)(=O)c2cccc(Cl)c2F)CCO1. The first kappa shape index (κ1) is 15.7. The second-order valence-corrected chi connectivity index (χ2v) is 6.78. The van der Waals surface area contributed by atoms with Crippen molar-refractivity contribution in [3.8, 4) is 0 Å². The van der Waals surface area contributed by atoms with Crippen molar-refractivity contribution in [2.75, 3.05) is 33.3 Å². The molecule has 1 aliphatic rings. The number of rotatable bonds is 4.